The molecule has 2 unspecified atom stereocenters. The Hall–Kier alpha value is -0.940. The van der Waals surface area contributed by atoms with Crippen LogP contribution in [0.5, 0.6) is 0 Å². The van der Waals surface area contributed by atoms with Gasteiger partial charge in [0, 0.05) is 29.8 Å². The summed E-state index contributed by atoms with van der Waals surface area (Å²) in [4.78, 5) is 1.78. The maximum absolute atomic E-state index is 12.9. The third-order valence-corrected chi connectivity index (χ3v) is 4.46. The van der Waals surface area contributed by atoms with Crippen molar-refractivity contribution in [3.8, 4) is 0 Å². The first-order valence-electron chi connectivity index (χ1n) is 7.11. The van der Waals surface area contributed by atoms with E-state index in [0.717, 1.165) is 11.3 Å². The lowest BCUT2D eigenvalue weighted by Gasteiger charge is -2.35. The molecule has 0 amide bonds. The number of nitrogens with zero attached hydrogens (tertiary/aromatic N) is 1. The molecule has 0 radical (unpaired) electrons. The van der Waals surface area contributed by atoms with E-state index in [0.29, 0.717) is 18.0 Å². The Morgan fingerprint density at radius 2 is 2.10 bits per heavy atom. The van der Waals surface area contributed by atoms with Gasteiger partial charge in [0.1, 0.15) is 0 Å². The largest absolute Gasteiger partial charge is 0.393 e. The van der Waals surface area contributed by atoms with Crippen molar-refractivity contribution in [3.63, 3.8) is 0 Å². The number of piperidine rings is 1. The number of alkyl halides is 3. The predicted octanol–water partition coefficient (Wildman–Crippen LogP) is 4.40. The van der Waals surface area contributed by atoms with Gasteiger partial charge in [-0.1, -0.05) is 17.7 Å². The highest BCUT2D eigenvalue weighted by atomic mass is 35.5. The summed E-state index contributed by atoms with van der Waals surface area (Å²) in [6.07, 6.45) is -3.36. The average molecular weight is 321 g/mol. The number of nitrogens with one attached hydrogen (secondary N) is 1. The molecule has 2 rings (SSSR count). The summed E-state index contributed by atoms with van der Waals surface area (Å²) in [5, 5.41) is 3.69. The molecule has 21 heavy (non-hydrogen) atoms. The molecule has 0 bridgehead atoms. The quantitative estimate of drug-likeness (QED) is 0.888. The molecule has 1 aromatic carbocycles. The highest BCUT2D eigenvalue weighted by Crippen LogP contribution is 2.36. The summed E-state index contributed by atoms with van der Waals surface area (Å²) in [7, 11) is 1.84. The van der Waals surface area contributed by atoms with Crippen LogP contribution in [0.15, 0.2) is 18.2 Å². The number of hydrogen-bond acceptors (Lipinski definition) is 2. The number of anilines is 1. The minimum Gasteiger partial charge on any atom is -0.371 e. The van der Waals surface area contributed by atoms with Crippen LogP contribution in [0.2, 0.25) is 5.02 Å². The van der Waals surface area contributed by atoms with E-state index >= 15 is 0 Å². The van der Waals surface area contributed by atoms with Crippen LogP contribution in [0.4, 0.5) is 18.9 Å². The minimum absolute atomic E-state index is 0.0146. The van der Waals surface area contributed by atoms with Crippen molar-refractivity contribution in [1.29, 1.82) is 0 Å². The van der Waals surface area contributed by atoms with E-state index in [1.165, 1.54) is 0 Å². The average Bonchev–Trinajstić information content (AvgIpc) is 2.45. The predicted molar refractivity (Wildman–Crippen MR) is 79.9 cm³/mol. The lowest BCUT2D eigenvalue weighted by molar-refractivity contribution is -0.175. The molecule has 6 heteroatoms. The van der Waals surface area contributed by atoms with Gasteiger partial charge in [0.2, 0.25) is 0 Å². The van der Waals surface area contributed by atoms with E-state index in [-0.39, 0.29) is 19.0 Å². The zero-order valence-electron chi connectivity index (χ0n) is 12.2. The van der Waals surface area contributed by atoms with Gasteiger partial charge in [-0.25, -0.2) is 0 Å². The smallest absolute Gasteiger partial charge is 0.371 e. The molecule has 0 spiro atoms. The zero-order valence-corrected chi connectivity index (χ0v) is 12.9. The van der Waals surface area contributed by atoms with E-state index in [1.54, 1.807) is 11.0 Å². The van der Waals surface area contributed by atoms with Gasteiger partial charge in [-0.15, -0.1) is 0 Å². The number of rotatable bonds is 3. The van der Waals surface area contributed by atoms with Crippen molar-refractivity contribution in [2.24, 2.45) is 5.92 Å². The second-order valence-electron chi connectivity index (χ2n) is 5.54. The van der Waals surface area contributed by atoms with Crippen molar-refractivity contribution in [2.45, 2.75) is 32.0 Å². The Labute approximate surface area is 128 Å². The van der Waals surface area contributed by atoms with Gasteiger partial charge in [-0.2, -0.15) is 13.2 Å². The SMILES string of the molecule is CNC(C)c1ccc(N2CCCC(C(F)(F)F)C2)cc1Cl. The Morgan fingerprint density at radius 3 is 2.67 bits per heavy atom. The molecule has 118 valence electrons. The molecule has 0 saturated carbocycles. The van der Waals surface area contributed by atoms with Crippen LogP contribution < -0.4 is 10.2 Å². The monoisotopic (exact) mass is 320 g/mol. The summed E-state index contributed by atoms with van der Waals surface area (Å²) in [5.74, 6) is -1.25. The molecule has 1 saturated heterocycles. The third-order valence-electron chi connectivity index (χ3n) is 4.13. The third kappa shape index (κ3) is 3.83. The fraction of sp³-hybridized carbons (Fsp3) is 0.600. The van der Waals surface area contributed by atoms with Crippen LogP contribution in [0.1, 0.15) is 31.4 Å². The number of halogens is 4. The molecule has 1 aliphatic heterocycles. The van der Waals surface area contributed by atoms with E-state index in [4.69, 9.17) is 11.6 Å². The molecule has 2 nitrogen and oxygen atoms in total. The molecule has 0 aromatic heterocycles. The number of hydrogen-bond donors (Lipinski definition) is 1. The van der Waals surface area contributed by atoms with Crippen LogP contribution in [-0.4, -0.2) is 26.3 Å². The first-order valence-corrected chi connectivity index (χ1v) is 7.49. The summed E-state index contributed by atoms with van der Waals surface area (Å²) < 4.78 is 38.6. The molecular weight excluding hydrogens is 301 g/mol. The fourth-order valence-electron chi connectivity index (χ4n) is 2.70. The van der Waals surface area contributed by atoms with E-state index in [9.17, 15) is 13.2 Å². The van der Waals surface area contributed by atoms with Gasteiger partial charge in [0.15, 0.2) is 0 Å². The van der Waals surface area contributed by atoms with Gasteiger partial charge in [-0.05, 0) is 44.5 Å². The summed E-state index contributed by atoms with van der Waals surface area (Å²) >= 11 is 6.26. The van der Waals surface area contributed by atoms with Gasteiger partial charge >= 0.3 is 6.18 Å². The van der Waals surface area contributed by atoms with Crippen molar-refractivity contribution < 1.29 is 13.2 Å². The lowest BCUT2D eigenvalue weighted by Crippen LogP contribution is -2.41. The van der Waals surface area contributed by atoms with Crippen LogP contribution in [0.3, 0.4) is 0 Å². The van der Waals surface area contributed by atoms with Crippen LogP contribution in [0, 0.1) is 5.92 Å². The Morgan fingerprint density at radius 1 is 1.38 bits per heavy atom. The maximum atomic E-state index is 12.9. The van der Waals surface area contributed by atoms with Gasteiger partial charge < -0.3 is 10.2 Å². The summed E-state index contributed by atoms with van der Waals surface area (Å²) in [6.45, 7) is 2.64. The van der Waals surface area contributed by atoms with E-state index in [1.807, 2.05) is 26.1 Å². The van der Waals surface area contributed by atoms with Crippen LogP contribution in [-0.2, 0) is 0 Å². The molecule has 2 atom stereocenters. The van der Waals surface area contributed by atoms with Gasteiger partial charge in [0.25, 0.3) is 0 Å². The topological polar surface area (TPSA) is 15.3 Å². The Bertz CT molecular complexity index is 490. The highest BCUT2D eigenvalue weighted by Gasteiger charge is 2.41. The maximum Gasteiger partial charge on any atom is 0.393 e. The Kier molecular flexibility index (Phi) is 5.04. The highest BCUT2D eigenvalue weighted by molar-refractivity contribution is 6.31. The molecule has 1 N–H and O–H groups in total. The molecule has 0 aliphatic carbocycles. The molecule has 1 aromatic rings. The van der Waals surface area contributed by atoms with E-state index < -0.39 is 12.1 Å². The normalized spacial score (nSPS) is 21.4. The van der Waals surface area contributed by atoms with Crippen molar-refractivity contribution in [3.05, 3.63) is 28.8 Å². The summed E-state index contributed by atoms with van der Waals surface area (Å²) in [5.41, 5.74) is 1.72. The van der Waals surface area contributed by atoms with Gasteiger partial charge in [0.05, 0.1) is 5.92 Å². The minimum atomic E-state index is -4.12. The molecule has 1 aliphatic rings. The van der Waals surface area contributed by atoms with E-state index in [2.05, 4.69) is 5.32 Å². The Balaban J connectivity index is 2.17. The first kappa shape index (κ1) is 16.4. The van der Waals surface area contributed by atoms with Crippen LogP contribution in [0.25, 0.3) is 0 Å². The molecule has 1 heterocycles. The number of benzene rings is 1. The second-order valence-corrected chi connectivity index (χ2v) is 5.95. The summed E-state index contributed by atoms with van der Waals surface area (Å²) in [6, 6.07) is 5.61. The van der Waals surface area contributed by atoms with Crippen molar-refractivity contribution in [2.75, 3.05) is 25.0 Å². The van der Waals surface area contributed by atoms with Gasteiger partial charge in [-0.3, -0.25) is 0 Å². The zero-order chi connectivity index (χ0) is 15.6. The lowest BCUT2D eigenvalue weighted by atomic mass is 9.96. The van der Waals surface area contributed by atoms with Crippen molar-refractivity contribution in [1.82, 2.24) is 5.32 Å². The second kappa shape index (κ2) is 6.44. The fourth-order valence-corrected chi connectivity index (χ4v) is 3.04. The van der Waals surface area contributed by atoms with Crippen molar-refractivity contribution >= 4 is 17.3 Å². The van der Waals surface area contributed by atoms with Crippen LogP contribution >= 0.6 is 11.6 Å². The standard InChI is InChI=1S/C15H20ClF3N2/c1-10(20-2)13-6-5-12(8-14(13)16)21-7-3-4-11(9-21)15(17,18)19/h5-6,8,10-11,20H,3-4,7,9H2,1-2H3. The first-order chi connectivity index (χ1) is 9.82. The molecular formula is C15H20ClF3N2. The molecule has 1 fully saturated rings.